The number of benzene rings is 2. The van der Waals surface area contributed by atoms with E-state index in [-0.39, 0.29) is 17.7 Å². The van der Waals surface area contributed by atoms with Crippen molar-refractivity contribution in [3.8, 4) is 5.75 Å². The van der Waals surface area contributed by atoms with Crippen LogP contribution in [0.1, 0.15) is 23.2 Å². The van der Waals surface area contributed by atoms with Gasteiger partial charge in [-0.2, -0.15) is 0 Å². The average Bonchev–Trinajstić information content (AvgIpc) is 2.85. The summed E-state index contributed by atoms with van der Waals surface area (Å²) in [6.45, 7) is 1.45. The van der Waals surface area contributed by atoms with Gasteiger partial charge in [-0.05, 0) is 49.2 Å². The third-order valence-electron chi connectivity index (χ3n) is 5.66. The van der Waals surface area contributed by atoms with Crippen molar-refractivity contribution in [3.05, 3.63) is 77.4 Å². The van der Waals surface area contributed by atoms with E-state index in [2.05, 4.69) is 20.5 Å². The number of ether oxygens (including phenoxy) is 1. The van der Waals surface area contributed by atoms with Gasteiger partial charge in [-0.15, -0.1) is 0 Å². The molecule has 0 bridgehead atoms. The van der Waals surface area contributed by atoms with Gasteiger partial charge in [0.25, 0.3) is 5.91 Å². The van der Waals surface area contributed by atoms with Crippen LogP contribution in [0.2, 0.25) is 5.02 Å². The molecule has 2 N–H and O–H groups in total. The highest BCUT2D eigenvalue weighted by Gasteiger charge is 2.26. The van der Waals surface area contributed by atoms with Crippen LogP contribution < -0.4 is 20.3 Å². The third kappa shape index (κ3) is 5.62. The number of aromatic nitrogens is 1. The number of hydrogen-bond donors (Lipinski definition) is 2. The van der Waals surface area contributed by atoms with Crippen LogP contribution >= 0.6 is 11.6 Å². The lowest BCUT2D eigenvalue weighted by Gasteiger charge is -2.32. The summed E-state index contributed by atoms with van der Waals surface area (Å²) >= 11 is 5.92. The molecule has 4 rings (SSSR count). The van der Waals surface area contributed by atoms with E-state index < -0.39 is 0 Å². The molecule has 0 unspecified atom stereocenters. The van der Waals surface area contributed by atoms with Gasteiger partial charge in [0.1, 0.15) is 11.6 Å². The fourth-order valence-electron chi connectivity index (χ4n) is 3.85. The summed E-state index contributed by atoms with van der Waals surface area (Å²) < 4.78 is 5.21. The predicted octanol–water partition coefficient (Wildman–Crippen LogP) is 4.85. The van der Waals surface area contributed by atoms with Crippen molar-refractivity contribution in [1.82, 2.24) is 4.98 Å². The molecule has 8 heteroatoms. The Morgan fingerprint density at radius 2 is 1.82 bits per heavy atom. The number of hydrogen-bond acceptors (Lipinski definition) is 5. The van der Waals surface area contributed by atoms with Crippen LogP contribution in [0.3, 0.4) is 0 Å². The molecule has 2 amide bonds. The molecular weight excluding hydrogens is 440 g/mol. The second kappa shape index (κ2) is 10.4. The number of rotatable bonds is 6. The number of nitrogens with zero attached hydrogens (tertiary/aromatic N) is 2. The Labute approximate surface area is 197 Å². The molecule has 1 aliphatic rings. The molecule has 0 saturated carbocycles. The quantitative estimate of drug-likeness (QED) is 0.544. The highest BCUT2D eigenvalue weighted by atomic mass is 35.5. The van der Waals surface area contributed by atoms with Crippen LogP contribution in [0.25, 0.3) is 0 Å². The maximum atomic E-state index is 13.0. The van der Waals surface area contributed by atoms with Gasteiger partial charge in [-0.3, -0.25) is 9.59 Å². The van der Waals surface area contributed by atoms with E-state index in [1.807, 2.05) is 12.1 Å². The lowest BCUT2D eigenvalue weighted by Crippen LogP contribution is -2.38. The summed E-state index contributed by atoms with van der Waals surface area (Å²) in [5.41, 5.74) is 1.50. The van der Waals surface area contributed by atoms with Gasteiger partial charge in [0, 0.05) is 37.0 Å². The topological polar surface area (TPSA) is 83.6 Å². The minimum Gasteiger partial charge on any atom is -0.497 e. The first-order valence-electron chi connectivity index (χ1n) is 10.8. The Morgan fingerprint density at radius 3 is 2.55 bits per heavy atom. The van der Waals surface area contributed by atoms with Gasteiger partial charge in [-0.25, -0.2) is 4.98 Å². The van der Waals surface area contributed by atoms with E-state index in [9.17, 15) is 9.59 Å². The Hall–Kier alpha value is -3.58. The number of anilines is 3. The molecule has 1 aliphatic heterocycles. The van der Waals surface area contributed by atoms with Crippen molar-refractivity contribution in [2.75, 3.05) is 35.7 Å². The maximum Gasteiger partial charge on any atom is 0.257 e. The minimum absolute atomic E-state index is 0.0830. The summed E-state index contributed by atoms with van der Waals surface area (Å²) in [6.07, 6.45) is 3.03. The van der Waals surface area contributed by atoms with Crippen molar-refractivity contribution in [2.24, 2.45) is 5.92 Å². The van der Waals surface area contributed by atoms with Crippen LogP contribution in [0.4, 0.5) is 17.2 Å². The largest absolute Gasteiger partial charge is 0.497 e. The number of amides is 2. The predicted molar refractivity (Wildman–Crippen MR) is 130 cm³/mol. The molecular formula is C25H25ClN4O3. The number of halogens is 1. The Balaban J connectivity index is 1.38. The number of carbonyl (C=O) groups excluding carboxylic acids is 2. The van der Waals surface area contributed by atoms with Gasteiger partial charge < -0.3 is 20.3 Å². The fourth-order valence-corrected chi connectivity index (χ4v) is 3.96. The highest BCUT2D eigenvalue weighted by Crippen LogP contribution is 2.25. The van der Waals surface area contributed by atoms with Crippen LogP contribution in [0.15, 0.2) is 66.9 Å². The lowest BCUT2D eigenvalue weighted by atomic mass is 9.95. The molecule has 170 valence electrons. The molecule has 1 fully saturated rings. The Kier molecular flexibility index (Phi) is 7.10. The first-order valence-corrected chi connectivity index (χ1v) is 11.1. The van der Waals surface area contributed by atoms with E-state index in [0.717, 1.165) is 18.9 Å². The van der Waals surface area contributed by atoms with Crippen LogP contribution in [0, 0.1) is 5.92 Å². The van der Waals surface area contributed by atoms with E-state index in [0.29, 0.717) is 40.6 Å². The number of piperidine rings is 1. The first-order chi connectivity index (χ1) is 16.0. The molecule has 0 radical (unpaired) electrons. The molecule has 1 aromatic heterocycles. The second-order valence-corrected chi connectivity index (χ2v) is 8.25. The normalized spacial score (nSPS) is 13.9. The summed E-state index contributed by atoms with van der Waals surface area (Å²) in [5.74, 6) is 0.985. The Bertz CT molecular complexity index is 1130. The zero-order chi connectivity index (χ0) is 23.2. The van der Waals surface area contributed by atoms with Gasteiger partial charge in [-0.1, -0.05) is 29.8 Å². The third-order valence-corrected chi connectivity index (χ3v) is 5.88. The second-order valence-electron chi connectivity index (χ2n) is 7.82. The molecule has 1 saturated heterocycles. The first kappa shape index (κ1) is 22.6. The summed E-state index contributed by atoms with van der Waals surface area (Å²) in [7, 11) is 1.57. The van der Waals surface area contributed by atoms with Crippen molar-refractivity contribution in [2.45, 2.75) is 12.8 Å². The van der Waals surface area contributed by atoms with Crippen LogP contribution in [-0.4, -0.2) is 37.0 Å². The number of para-hydroxylation sites is 1. The standard InChI is InChI=1S/C25H25ClN4O3/c1-33-20-6-4-5-19(15-20)28-25(32)21-7-2-3-8-22(21)29-24(31)17-11-13-30(14-12-17)23-10-9-18(26)16-27-23/h2-10,15-17H,11-14H2,1H3,(H,28,32)(H,29,31). The van der Waals surface area contributed by atoms with Gasteiger partial charge in [0.2, 0.25) is 5.91 Å². The highest BCUT2D eigenvalue weighted by molar-refractivity contribution is 6.30. The maximum absolute atomic E-state index is 13.0. The number of pyridine rings is 1. The average molecular weight is 465 g/mol. The molecule has 0 atom stereocenters. The van der Waals surface area contributed by atoms with Gasteiger partial charge in [0.05, 0.1) is 23.4 Å². The van der Waals surface area contributed by atoms with Crippen LogP contribution in [-0.2, 0) is 4.79 Å². The number of methoxy groups -OCH3 is 1. The summed E-state index contributed by atoms with van der Waals surface area (Å²) in [6, 6.07) is 17.8. The SMILES string of the molecule is COc1cccc(NC(=O)c2ccccc2NC(=O)C2CCN(c3ccc(Cl)cn3)CC2)c1. The van der Waals surface area contributed by atoms with Gasteiger partial charge in [0.15, 0.2) is 0 Å². The number of carbonyl (C=O) groups is 2. The molecule has 2 aromatic carbocycles. The van der Waals surface area contributed by atoms with Crippen molar-refractivity contribution >= 4 is 40.6 Å². The molecule has 2 heterocycles. The fraction of sp³-hybridized carbons (Fsp3) is 0.240. The van der Waals surface area contributed by atoms with E-state index in [1.54, 1.807) is 61.8 Å². The molecule has 33 heavy (non-hydrogen) atoms. The van der Waals surface area contributed by atoms with Gasteiger partial charge >= 0.3 is 0 Å². The van der Waals surface area contributed by atoms with Crippen molar-refractivity contribution < 1.29 is 14.3 Å². The van der Waals surface area contributed by atoms with E-state index in [4.69, 9.17) is 16.3 Å². The molecule has 0 spiro atoms. The Morgan fingerprint density at radius 1 is 1.03 bits per heavy atom. The lowest BCUT2D eigenvalue weighted by molar-refractivity contribution is -0.120. The monoisotopic (exact) mass is 464 g/mol. The minimum atomic E-state index is -0.303. The summed E-state index contributed by atoms with van der Waals surface area (Å²) in [5, 5.41) is 6.42. The van der Waals surface area contributed by atoms with E-state index >= 15 is 0 Å². The zero-order valence-electron chi connectivity index (χ0n) is 18.3. The van der Waals surface area contributed by atoms with Crippen LogP contribution in [0.5, 0.6) is 5.75 Å². The van der Waals surface area contributed by atoms with Crippen molar-refractivity contribution in [1.29, 1.82) is 0 Å². The number of nitrogens with one attached hydrogen (secondary N) is 2. The molecule has 7 nitrogen and oxygen atoms in total. The summed E-state index contributed by atoms with van der Waals surface area (Å²) in [4.78, 5) is 32.4. The van der Waals surface area contributed by atoms with Crippen molar-refractivity contribution in [3.63, 3.8) is 0 Å². The molecule has 3 aromatic rings. The smallest absolute Gasteiger partial charge is 0.257 e. The van der Waals surface area contributed by atoms with E-state index in [1.165, 1.54) is 0 Å². The molecule has 0 aliphatic carbocycles. The zero-order valence-corrected chi connectivity index (χ0v) is 19.0.